The van der Waals surface area contributed by atoms with Crippen molar-refractivity contribution in [2.75, 3.05) is 21.3 Å². The van der Waals surface area contributed by atoms with E-state index in [1.807, 2.05) is 0 Å². The second-order valence-electron chi connectivity index (χ2n) is 11.8. The van der Waals surface area contributed by atoms with Crippen LogP contribution in [0.1, 0.15) is 43.0 Å². The van der Waals surface area contributed by atoms with Crippen molar-refractivity contribution in [3.05, 3.63) is 92.6 Å². The molecule has 0 saturated heterocycles. The molecule has 0 aromatic heterocycles. The van der Waals surface area contributed by atoms with Crippen molar-refractivity contribution >= 4 is 5.97 Å². The molecule has 2 atom stereocenters. The number of allylic oxidation sites excluding steroid dienone is 2. The maximum atomic E-state index is 16.1. The van der Waals surface area contributed by atoms with Gasteiger partial charge in [0.25, 0.3) is 0 Å². The van der Waals surface area contributed by atoms with Gasteiger partial charge in [-0.2, -0.15) is 17.6 Å². The Labute approximate surface area is 284 Å². The number of halogens is 10. The number of methoxy groups -OCH3 is 3. The fourth-order valence-electron chi connectivity index (χ4n) is 5.52. The van der Waals surface area contributed by atoms with Crippen molar-refractivity contribution in [2.45, 2.75) is 47.2 Å². The number of carbonyl (C=O) groups excluding carboxylic acids is 1. The summed E-state index contributed by atoms with van der Waals surface area (Å²) in [6.45, 7) is 0.706. The second kappa shape index (κ2) is 15.5. The van der Waals surface area contributed by atoms with Gasteiger partial charge >= 0.3 is 5.97 Å². The number of ether oxygens (including phenoxy) is 6. The Morgan fingerprint density at radius 3 is 1.24 bits per heavy atom. The van der Waals surface area contributed by atoms with Crippen molar-refractivity contribution in [1.82, 2.24) is 0 Å². The van der Waals surface area contributed by atoms with Crippen LogP contribution in [-0.4, -0.2) is 27.3 Å². The van der Waals surface area contributed by atoms with Gasteiger partial charge in [-0.05, 0) is 18.3 Å². The molecule has 1 aliphatic carbocycles. The number of benzene rings is 3. The molecule has 0 radical (unpaired) electrons. The van der Waals surface area contributed by atoms with Gasteiger partial charge in [0.1, 0.15) is 6.61 Å². The highest BCUT2D eigenvalue weighted by atomic mass is 19.2. The molecule has 1 aliphatic rings. The molecule has 17 heteroatoms. The summed E-state index contributed by atoms with van der Waals surface area (Å²) in [7, 11) is 2.83. The van der Waals surface area contributed by atoms with Crippen LogP contribution in [0.25, 0.3) is 0 Å². The first-order valence-electron chi connectivity index (χ1n) is 14.9. The molecule has 0 bridgehead atoms. The van der Waals surface area contributed by atoms with Crippen LogP contribution in [0, 0.1) is 75.4 Å². The first kappa shape index (κ1) is 39.4. The summed E-state index contributed by atoms with van der Waals surface area (Å²) < 4.78 is 181. The highest BCUT2D eigenvalue weighted by Crippen LogP contribution is 2.59. The first-order valence-corrected chi connectivity index (χ1v) is 14.9. The monoisotopic (exact) mass is 740 g/mol. The number of hydrogen-bond acceptors (Lipinski definition) is 7. The molecule has 0 N–H and O–H groups in total. The van der Waals surface area contributed by atoms with E-state index in [0.717, 1.165) is 21.3 Å². The summed E-state index contributed by atoms with van der Waals surface area (Å²) in [5, 5.41) is 0. The zero-order chi connectivity index (χ0) is 38.1. The molecule has 1 fully saturated rings. The normalized spacial score (nSPS) is 16.5. The minimum atomic E-state index is -2.23. The van der Waals surface area contributed by atoms with Crippen LogP contribution >= 0.6 is 0 Å². The highest BCUT2D eigenvalue weighted by molar-refractivity contribution is 5.78. The predicted octanol–water partition coefficient (Wildman–Crippen LogP) is 8.99. The summed E-state index contributed by atoms with van der Waals surface area (Å²) in [5.41, 5.74) is -5.60. The fraction of sp³-hybridized carbons (Fsp3) is 0.382. The van der Waals surface area contributed by atoms with Gasteiger partial charge in [0.2, 0.25) is 34.8 Å². The molecule has 0 spiro atoms. The van der Waals surface area contributed by atoms with Crippen LogP contribution < -0.4 is 9.47 Å². The Balaban J connectivity index is 1.99. The van der Waals surface area contributed by atoms with Gasteiger partial charge in [0.15, 0.2) is 46.4 Å². The van der Waals surface area contributed by atoms with E-state index >= 15 is 26.3 Å². The van der Waals surface area contributed by atoms with Crippen LogP contribution in [-0.2, 0) is 50.2 Å². The van der Waals surface area contributed by atoms with Crippen molar-refractivity contribution < 1.29 is 77.1 Å². The lowest BCUT2D eigenvalue weighted by Crippen LogP contribution is -2.15. The molecule has 0 aliphatic heterocycles. The van der Waals surface area contributed by atoms with Crippen LogP contribution in [0.5, 0.6) is 23.0 Å². The standard InChI is InChI=1S/C34H30F10O7/c1-7-8-17-18(34(17,2)3)33(45)49-12-16-29(50-31-25(41)19(35)13(9-46-4)20(36)26(31)42)23(39)15(11-48-6)24(40)30(16)51-32-27(43)21(37)14(10-47-5)22(38)28(32)44/h7-8,17-18H,9-12H2,1-6H3/b8-7-. The van der Waals surface area contributed by atoms with E-state index in [1.165, 1.54) is 0 Å². The Morgan fingerprint density at radius 2 is 0.902 bits per heavy atom. The molecule has 51 heavy (non-hydrogen) atoms. The zero-order valence-corrected chi connectivity index (χ0v) is 27.8. The summed E-state index contributed by atoms with van der Waals surface area (Å²) in [6.07, 6.45) is 3.33. The Hall–Kier alpha value is -4.35. The van der Waals surface area contributed by atoms with Crippen LogP contribution in [0.4, 0.5) is 43.9 Å². The average Bonchev–Trinajstić information content (AvgIpc) is 3.65. The molecule has 3 aromatic carbocycles. The van der Waals surface area contributed by atoms with Crippen molar-refractivity contribution in [3.8, 4) is 23.0 Å². The number of carbonyl (C=O) groups is 1. The van der Waals surface area contributed by atoms with E-state index in [2.05, 4.69) is 9.47 Å². The number of esters is 1. The van der Waals surface area contributed by atoms with Crippen LogP contribution in [0.15, 0.2) is 12.2 Å². The molecule has 4 rings (SSSR count). The Bertz CT molecular complexity index is 1720. The third kappa shape index (κ3) is 7.10. The van der Waals surface area contributed by atoms with Crippen molar-refractivity contribution in [3.63, 3.8) is 0 Å². The molecule has 2 unspecified atom stereocenters. The first-order chi connectivity index (χ1) is 24.0. The van der Waals surface area contributed by atoms with Gasteiger partial charge < -0.3 is 28.4 Å². The maximum absolute atomic E-state index is 16.1. The Morgan fingerprint density at radius 1 is 0.549 bits per heavy atom. The van der Waals surface area contributed by atoms with Crippen molar-refractivity contribution in [1.29, 1.82) is 0 Å². The Kier molecular flexibility index (Phi) is 12.0. The molecule has 3 aromatic rings. The van der Waals surface area contributed by atoms with E-state index in [9.17, 15) is 22.4 Å². The van der Waals surface area contributed by atoms with E-state index in [1.54, 1.807) is 32.9 Å². The average molecular weight is 741 g/mol. The number of rotatable bonds is 14. The lowest BCUT2D eigenvalue weighted by molar-refractivity contribution is -0.147. The lowest BCUT2D eigenvalue weighted by atomic mass is 10.1. The quantitative estimate of drug-likeness (QED) is 0.0708. The largest absolute Gasteiger partial charge is 0.460 e. The van der Waals surface area contributed by atoms with Gasteiger partial charge in [-0.15, -0.1) is 0 Å². The van der Waals surface area contributed by atoms with Gasteiger partial charge in [-0.3, -0.25) is 4.79 Å². The topological polar surface area (TPSA) is 72.5 Å². The van der Waals surface area contributed by atoms with Gasteiger partial charge in [-0.25, -0.2) is 26.3 Å². The highest BCUT2D eigenvalue weighted by Gasteiger charge is 2.61. The molecule has 1 saturated carbocycles. The summed E-state index contributed by atoms with van der Waals surface area (Å²) in [5.74, 6) is -30.0. The van der Waals surface area contributed by atoms with Gasteiger partial charge in [-0.1, -0.05) is 26.0 Å². The third-order valence-electron chi connectivity index (χ3n) is 8.30. The SMILES string of the molecule is C/C=C\C1C(C(=O)OCc2c(Oc3c(F)c(F)c(COC)c(F)c3F)c(F)c(COC)c(F)c2Oc2c(F)c(F)c(COC)c(F)c2F)C1(C)C. The van der Waals surface area contributed by atoms with Gasteiger partial charge in [0, 0.05) is 21.3 Å². The van der Waals surface area contributed by atoms with Crippen LogP contribution in [0.2, 0.25) is 0 Å². The molecule has 278 valence electrons. The smallest absolute Gasteiger partial charge is 0.310 e. The maximum Gasteiger partial charge on any atom is 0.310 e. The minimum absolute atomic E-state index is 0.376. The van der Waals surface area contributed by atoms with E-state index < -0.39 is 147 Å². The summed E-state index contributed by atoms with van der Waals surface area (Å²) in [4.78, 5) is 13.1. The summed E-state index contributed by atoms with van der Waals surface area (Å²) in [6, 6.07) is 0. The summed E-state index contributed by atoms with van der Waals surface area (Å²) >= 11 is 0. The number of hydrogen-bond donors (Lipinski definition) is 0. The predicted molar refractivity (Wildman–Crippen MR) is 157 cm³/mol. The minimum Gasteiger partial charge on any atom is -0.460 e. The zero-order valence-electron chi connectivity index (χ0n) is 27.8. The lowest BCUT2D eigenvalue weighted by Gasteiger charge is -2.22. The molecular weight excluding hydrogens is 710 g/mol. The molecule has 7 nitrogen and oxygen atoms in total. The van der Waals surface area contributed by atoms with E-state index in [0.29, 0.717) is 0 Å². The molecule has 0 heterocycles. The van der Waals surface area contributed by atoms with Crippen molar-refractivity contribution in [2.24, 2.45) is 17.3 Å². The fourth-order valence-corrected chi connectivity index (χ4v) is 5.52. The van der Waals surface area contributed by atoms with E-state index in [-0.39, 0.29) is 5.92 Å². The molecular formula is C34H30F10O7. The molecule has 0 amide bonds. The third-order valence-corrected chi connectivity index (χ3v) is 8.30. The van der Waals surface area contributed by atoms with E-state index in [4.69, 9.17) is 18.9 Å². The second-order valence-corrected chi connectivity index (χ2v) is 11.8. The van der Waals surface area contributed by atoms with Gasteiger partial charge in [0.05, 0.1) is 48.0 Å². The van der Waals surface area contributed by atoms with Crippen LogP contribution in [0.3, 0.4) is 0 Å².